The summed E-state index contributed by atoms with van der Waals surface area (Å²) in [5.41, 5.74) is 13.8. The average molecular weight is 481 g/mol. The van der Waals surface area contributed by atoms with Gasteiger partial charge in [0.05, 0.1) is 17.4 Å². The molecule has 4 N–H and O–H groups in total. The lowest BCUT2D eigenvalue weighted by atomic mass is 10.0. The molecule has 0 spiro atoms. The third-order valence-corrected chi connectivity index (χ3v) is 6.78. The van der Waals surface area contributed by atoms with Gasteiger partial charge in [-0.3, -0.25) is 14.2 Å². The first-order valence-corrected chi connectivity index (χ1v) is 12.7. The minimum atomic E-state index is -0.00963. The molecule has 184 valence electrons. The lowest BCUT2D eigenvalue weighted by molar-refractivity contribution is 0.0965. The summed E-state index contributed by atoms with van der Waals surface area (Å²) in [5, 5.41) is 6.37. The number of carbonyl (C=O) groups excluding carboxylic acids is 1. The molecule has 1 aliphatic heterocycles. The highest BCUT2D eigenvalue weighted by atomic mass is 16.1. The van der Waals surface area contributed by atoms with E-state index in [4.69, 9.17) is 10.7 Å². The second kappa shape index (κ2) is 10.2. The second-order valence-corrected chi connectivity index (χ2v) is 9.23. The van der Waals surface area contributed by atoms with E-state index in [9.17, 15) is 4.79 Å². The number of hydrogen-bond donors (Lipinski definition) is 3. The van der Waals surface area contributed by atoms with Gasteiger partial charge in [-0.05, 0) is 72.5 Å². The molecule has 1 atom stereocenters. The molecule has 0 aliphatic carbocycles. The van der Waals surface area contributed by atoms with Crippen LogP contribution in [0.5, 0.6) is 0 Å². The van der Waals surface area contributed by atoms with Crippen LogP contribution in [0.1, 0.15) is 61.0 Å². The highest BCUT2D eigenvalue weighted by molar-refractivity contribution is 5.99. The second-order valence-electron chi connectivity index (χ2n) is 9.23. The van der Waals surface area contributed by atoms with Crippen LogP contribution in [0.4, 0.5) is 11.4 Å². The van der Waals surface area contributed by atoms with Crippen molar-refractivity contribution >= 4 is 28.8 Å². The molecule has 0 saturated carbocycles. The number of benzene rings is 2. The molecule has 0 fully saturated rings. The van der Waals surface area contributed by atoms with Crippen molar-refractivity contribution in [3.05, 3.63) is 83.7 Å². The Labute approximate surface area is 211 Å². The monoisotopic (exact) mass is 480 g/mol. The third-order valence-electron chi connectivity index (χ3n) is 6.78. The fourth-order valence-electron chi connectivity index (χ4n) is 4.69. The van der Waals surface area contributed by atoms with Gasteiger partial charge in [-0.15, -0.1) is 0 Å². The summed E-state index contributed by atoms with van der Waals surface area (Å²) in [6.07, 6.45) is 8.16. The fraction of sp³-hybridized carbons (Fsp3) is 0.276. The number of nitrogens with two attached hydrogens (primary N) is 1. The van der Waals surface area contributed by atoms with Gasteiger partial charge in [-0.2, -0.15) is 0 Å². The lowest BCUT2D eigenvalue weighted by Gasteiger charge is -2.13. The maximum absolute atomic E-state index is 11.9. The Hall–Kier alpha value is -4.13. The van der Waals surface area contributed by atoms with Crippen molar-refractivity contribution in [3.63, 3.8) is 0 Å². The smallest absolute Gasteiger partial charge is 0.251 e. The molecule has 1 aliphatic rings. The number of nitrogens with zero attached hydrogens (tertiary/aromatic N) is 3. The molecular weight excluding hydrogens is 448 g/mol. The Morgan fingerprint density at radius 2 is 2.00 bits per heavy atom. The normalized spacial score (nSPS) is 14.1. The van der Waals surface area contributed by atoms with Gasteiger partial charge in [0.25, 0.3) is 5.91 Å². The Bertz CT molecular complexity index is 1420. The first kappa shape index (κ1) is 23.6. The van der Waals surface area contributed by atoms with Crippen LogP contribution >= 0.6 is 0 Å². The van der Waals surface area contributed by atoms with Gasteiger partial charge in [0.15, 0.2) is 5.65 Å². The molecule has 0 saturated heterocycles. The molecule has 1 amide bonds. The van der Waals surface area contributed by atoms with Gasteiger partial charge in [-0.25, -0.2) is 4.98 Å². The number of amides is 1. The number of amidine groups is 1. The lowest BCUT2D eigenvalue weighted by Crippen LogP contribution is -2.17. The number of carbonyl (C=O) groups is 1. The van der Waals surface area contributed by atoms with Crippen LogP contribution in [-0.2, 0) is 6.54 Å². The highest BCUT2D eigenvalue weighted by Crippen LogP contribution is 2.30. The van der Waals surface area contributed by atoms with E-state index < -0.39 is 0 Å². The summed E-state index contributed by atoms with van der Waals surface area (Å²) < 4.78 is 2.06. The van der Waals surface area contributed by atoms with Gasteiger partial charge in [0, 0.05) is 35.8 Å². The van der Waals surface area contributed by atoms with E-state index >= 15 is 0 Å². The van der Waals surface area contributed by atoms with Crippen LogP contribution < -0.4 is 16.4 Å². The molecule has 5 rings (SSSR count). The molecule has 3 heterocycles. The van der Waals surface area contributed by atoms with Gasteiger partial charge in [0.1, 0.15) is 5.84 Å². The number of fused-ring (bicyclic) bond motifs is 2. The molecular formula is C29H32N6O. The number of pyridine rings is 1. The summed E-state index contributed by atoms with van der Waals surface area (Å²) in [6, 6.07) is 18.4. The Morgan fingerprint density at radius 3 is 2.78 bits per heavy atom. The Balaban J connectivity index is 1.37. The van der Waals surface area contributed by atoms with Crippen LogP contribution in [0.3, 0.4) is 0 Å². The molecule has 0 radical (unpaired) electrons. The van der Waals surface area contributed by atoms with Crippen LogP contribution in [-0.4, -0.2) is 27.2 Å². The molecule has 7 nitrogen and oxygen atoms in total. The van der Waals surface area contributed by atoms with Crippen molar-refractivity contribution in [2.45, 2.75) is 52.1 Å². The Kier molecular flexibility index (Phi) is 6.71. The summed E-state index contributed by atoms with van der Waals surface area (Å²) in [6.45, 7) is 4.93. The number of unbranched alkanes of at least 4 members (excludes halogenated alkanes) is 1. The standard InChI is InChI=1S/C29H32N6O/c1-3-5-6-22(4-2)34-27(30)19-7-10-23(11-8-19)33-25-13-14-26(35-16-15-31-28(25)35)20-9-12-24-21(17-20)18-32-29(24)36/h7-17,22,33H,3-6,18H2,1-2H3,(H2,30,34)(H,32,36). The minimum Gasteiger partial charge on any atom is -0.383 e. The zero-order valence-electron chi connectivity index (χ0n) is 20.8. The van der Waals surface area contributed by atoms with Crippen molar-refractivity contribution in [1.82, 2.24) is 14.7 Å². The zero-order valence-corrected chi connectivity index (χ0v) is 20.8. The molecule has 2 aromatic carbocycles. The molecule has 2 aromatic heterocycles. The molecule has 0 bridgehead atoms. The number of aromatic nitrogens is 2. The van der Waals surface area contributed by atoms with Gasteiger partial charge < -0.3 is 16.4 Å². The summed E-state index contributed by atoms with van der Waals surface area (Å²) >= 11 is 0. The fourth-order valence-corrected chi connectivity index (χ4v) is 4.69. The molecule has 36 heavy (non-hydrogen) atoms. The predicted molar refractivity (Wildman–Crippen MR) is 146 cm³/mol. The average Bonchev–Trinajstić information content (AvgIpc) is 3.54. The first-order valence-electron chi connectivity index (χ1n) is 12.7. The van der Waals surface area contributed by atoms with Gasteiger partial charge in [-0.1, -0.05) is 32.8 Å². The number of aliphatic imine (C=N–C) groups is 1. The van der Waals surface area contributed by atoms with E-state index in [2.05, 4.69) is 46.0 Å². The number of rotatable bonds is 9. The van der Waals surface area contributed by atoms with E-state index in [0.717, 1.165) is 57.8 Å². The summed E-state index contributed by atoms with van der Waals surface area (Å²) in [7, 11) is 0. The molecule has 1 unspecified atom stereocenters. The van der Waals surface area contributed by atoms with E-state index in [0.29, 0.717) is 12.4 Å². The maximum atomic E-state index is 11.9. The van der Waals surface area contributed by atoms with Crippen molar-refractivity contribution in [1.29, 1.82) is 0 Å². The Morgan fingerprint density at radius 1 is 1.17 bits per heavy atom. The highest BCUT2D eigenvalue weighted by Gasteiger charge is 2.19. The quantitative estimate of drug-likeness (QED) is 0.213. The number of nitrogens with one attached hydrogen (secondary N) is 2. The third kappa shape index (κ3) is 4.69. The van der Waals surface area contributed by atoms with E-state index in [1.807, 2.05) is 48.7 Å². The SMILES string of the molecule is CCCCC(CC)N=C(N)c1ccc(Nc2ccc(-c3ccc4c(c3)CNC4=O)n3ccnc23)cc1. The predicted octanol–water partition coefficient (Wildman–Crippen LogP) is 5.66. The number of imidazole rings is 1. The van der Waals surface area contributed by atoms with Crippen LogP contribution in [0.25, 0.3) is 16.9 Å². The number of hydrogen-bond acceptors (Lipinski definition) is 4. The minimum absolute atomic E-state index is 0.00963. The number of anilines is 2. The van der Waals surface area contributed by atoms with Crippen molar-refractivity contribution < 1.29 is 4.79 Å². The topological polar surface area (TPSA) is 96.8 Å². The van der Waals surface area contributed by atoms with E-state index in [-0.39, 0.29) is 11.9 Å². The maximum Gasteiger partial charge on any atom is 0.251 e. The van der Waals surface area contributed by atoms with Crippen LogP contribution in [0.2, 0.25) is 0 Å². The zero-order chi connectivity index (χ0) is 25.1. The van der Waals surface area contributed by atoms with Crippen LogP contribution in [0.15, 0.2) is 72.0 Å². The van der Waals surface area contributed by atoms with Gasteiger partial charge in [0.2, 0.25) is 0 Å². The summed E-state index contributed by atoms with van der Waals surface area (Å²) in [4.78, 5) is 21.3. The van der Waals surface area contributed by atoms with E-state index in [1.165, 1.54) is 12.8 Å². The van der Waals surface area contributed by atoms with Crippen LogP contribution in [0, 0.1) is 0 Å². The van der Waals surface area contributed by atoms with Crippen molar-refractivity contribution in [2.24, 2.45) is 10.7 Å². The summed E-state index contributed by atoms with van der Waals surface area (Å²) in [5.74, 6) is 0.584. The van der Waals surface area contributed by atoms with Gasteiger partial charge >= 0.3 is 0 Å². The molecule has 4 aromatic rings. The van der Waals surface area contributed by atoms with E-state index in [1.54, 1.807) is 6.20 Å². The van der Waals surface area contributed by atoms with Crippen molar-refractivity contribution in [3.8, 4) is 11.3 Å². The first-order chi connectivity index (χ1) is 17.6. The van der Waals surface area contributed by atoms with Crippen molar-refractivity contribution in [2.75, 3.05) is 5.32 Å². The molecule has 7 heteroatoms. The largest absolute Gasteiger partial charge is 0.383 e.